The summed E-state index contributed by atoms with van der Waals surface area (Å²) >= 11 is 12.0. The molecule has 208 valence electrons. The van der Waals surface area contributed by atoms with Crippen molar-refractivity contribution in [3.05, 3.63) is 33.8 Å². The summed E-state index contributed by atoms with van der Waals surface area (Å²) in [5.41, 5.74) is -2.78. The lowest BCUT2D eigenvalue weighted by atomic mass is 9.85. The molecule has 1 aromatic carbocycles. The summed E-state index contributed by atoms with van der Waals surface area (Å²) in [6.45, 7) is 4.92. The number of halogens is 2. The van der Waals surface area contributed by atoms with Crippen molar-refractivity contribution >= 4 is 53.1 Å². The summed E-state index contributed by atoms with van der Waals surface area (Å²) in [6, 6.07) is 3.41. The highest BCUT2D eigenvalue weighted by Gasteiger charge is 2.81. The van der Waals surface area contributed by atoms with Crippen LogP contribution in [0.15, 0.2) is 18.2 Å². The van der Waals surface area contributed by atoms with Crippen LogP contribution >= 0.6 is 23.2 Å². The Morgan fingerprint density at radius 3 is 2.26 bits per heavy atom. The third-order valence-electron chi connectivity index (χ3n) is 6.29. The molecule has 0 radical (unpaired) electrons. The van der Waals surface area contributed by atoms with Gasteiger partial charge in [0.15, 0.2) is 12.1 Å². The van der Waals surface area contributed by atoms with Crippen molar-refractivity contribution in [1.82, 2.24) is 10.6 Å². The van der Waals surface area contributed by atoms with Crippen molar-refractivity contribution in [3.8, 4) is 0 Å². The minimum atomic E-state index is -2.29. The first kappa shape index (κ1) is 29.5. The van der Waals surface area contributed by atoms with Crippen LogP contribution in [0.1, 0.15) is 33.3 Å². The first-order chi connectivity index (χ1) is 17.6. The molecule has 0 saturated heterocycles. The van der Waals surface area contributed by atoms with Gasteiger partial charge in [0.2, 0.25) is 0 Å². The van der Waals surface area contributed by atoms with Gasteiger partial charge in [0, 0.05) is 18.8 Å². The lowest BCUT2D eigenvalue weighted by Crippen LogP contribution is -2.67. The van der Waals surface area contributed by atoms with Crippen molar-refractivity contribution in [2.24, 2.45) is 17.8 Å². The van der Waals surface area contributed by atoms with Gasteiger partial charge in [-0.2, -0.15) is 0 Å². The van der Waals surface area contributed by atoms with Gasteiger partial charge < -0.3 is 35.1 Å². The molecule has 3 rings (SSSR count). The molecule has 2 aliphatic carbocycles. The van der Waals surface area contributed by atoms with Gasteiger partial charge in [0.25, 0.3) is 5.91 Å². The number of carboxylic acid groups (broad SMARTS) is 2. The van der Waals surface area contributed by atoms with E-state index in [4.69, 9.17) is 37.4 Å². The first-order valence-corrected chi connectivity index (χ1v) is 12.3. The number of fused-ring (bicyclic) bond motifs is 1. The van der Waals surface area contributed by atoms with Crippen LogP contribution in [0.5, 0.6) is 0 Å². The van der Waals surface area contributed by atoms with Gasteiger partial charge in [0.1, 0.15) is 11.7 Å². The van der Waals surface area contributed by atoms with Crippen LogP contribution in [0.4, 0.5) is 4.79 Å². The number of carbonyl (C=O) groups excluding carboxylic acids is 3. The maximum atomic E-state index is 12.8. The lowest BCUT2D eigenvalue weighted by molar-refractivity contribution is -0.157. The number of esters is 1. The molecule has 4 N–H and O–H groups in total. The first-order valence-electron chi connectivity index (χ1n) is 11.5. The van der Waals surface area contributed by atoms with Gasteiger partial charge in [-0.05, 0) is 38.5 Å². The third-order valence-corrected chi connectivity index (χ3v) is 7.02. The fourth-order valence-corrected chi connectivity index (χ4v) is 5.24. The summed E-state index contributed by atoms with van der Waals surface area (Å²) in [6.07, 6.45) is -2.56. The fraction of sp³-hybridized carbons (Fsp3) is 0.542. The Bertz CT molecular complexity index is 1150. The molecule has 0 bridgehead atoms. The van der Waals surface area contributed by atoms with E-state index in [1.54, 1.807) is 26.8 Å². The van der Waals surface area contributed by atoms with E-state index in [-0.39, 0.29) is 16.7 Å². The molecule has 2 saturated carbocycles. The molecule has 38 heavy (non-hydrogen) atoms. The topological polar surface area (TPSA) is 178 Å². The van der Waals surface area contributed by atoms with Crippen LogP contribution in [0, 0.1) is 17.8 Å². The maximum absolute atomic E-state index is 12.8. The fourth-order valence-electron chi connectivity index (χ4n) is 4.92. The predicted molar refractivity (Wildman–Crippen MR) is 131 cm³/mol. The van der Waals surface area contributed by atoms with Crippen molar-refractivity contribution in [2.75, 3.05) is 6.61 Å². The number of nitrogens with one attached hydrogen (secondary N) is 2. The third kappa shape index (κ3) is 6.13. The number of aliphatic carboxylic acids is 2. The zero-order valence-corrected chi connectivity index (χ0v) is 22.5. The monoisotopic (exact) mass is 574 g/mol. The second-order valence-corrected chi connectivity index (χ2v) is 10.9. The molecule has 1 unspecified atom stereocenters. The van der Waals surface area contributed by atoms with E-state index in [0.717, 1.165) is 6.92 Å². The Labute approximate surface area is 227 Å². The zero-order valence-electron chi connectivity index (χ0n) is 20.9. The Kier molecular flexibility index (Phi) is 8.49. The van der Waals surface area contributed by atoms with E-state index < -0.39 is 77.6 Å². The number of rotatable bonds is 9. The predicted octanol–water partition coefficient (Wildman–Crippen LogP) is 2.24. The second-order valence-electron chi connectivity index (χ2n) is 10.1. The minimum absolute atomic E-state index is 0.218. The summed E-state index contributed by atoms with van der Waals surface area (Å²) in [5.74, 6) is -7.69. The molecule has 2 aliphatic rings. The van der Waals surface area contributed by atoms with Crippen molar-refractivity contribution in [3.63, 3.8) is 0 Å². The largest absolute Gasteiger partial charge is 0.481 e. The van der Waals surface area contributed by atoms with Crippen LogP contribution in [0.25, 0.3) is 0 Å². The molecule has 6 atom stereocenters. The Morgan fingerprint density at radius 1 is 1.08 bits per heavy atom. The molecular formula is C24H28Cl2N2O10. The molecule has 0 aromatic heterocycles. The average Bonchev–Trinajstić information content (AvgIpc) is 3.47. The molecule has 12 nitrogen and oxygen atoms in total. The number of amides is 2. The highest BCUT2D eigenvalue weighted by molar-refractivity contribution is 6.42. The summed E-state index contributed by atoms with van der Waals surface area (Å²) in [4.78, 5) is 61.3. The van der Waals surface area contributed by atoms with Crippen LogP contribution in [-0.2, 0) is 40.0 Å². The highest BCUT2D eigenvalue weighted by atomic mass is 35.5. The Hall–Kier alpha value is -3.09. The van der Waals surface area contributed by atoms with Gasteiger partial charge in [-0.3, -0.25) is 14.4 Å². The number of ether oxygens (including phenoxy) is 3. The quantitative estimate of drug-likeness (QED) is 0.319. The van der Waals surface area contributed by atoms with E-state index in [1.165, 1.54) is 12.1 Å². The van der Waals surface area contributed by atoms with Gasteiger partial charge in [-0.25, -0.2) is 9.59 Å². The zero-order chi connectivity index (χ0) is 28.6. The number of carbonyl (C=O) groups is 5. The molecule has 2 fully saturated rings. The van der Waals surface area contributed by atoms with E-state index in [1.807, 2.05) is 0 Å². The average molecular weight is 575 g/mol. The smallest absolute Gasteiger partial charge is 0.408 e. The SMILES string of the molecule is CC(=O)OCC(=O)N[C@H]1C2[C@H](C(=O)O)[C@H]2[C@](NC(=O)OC(C)(C)C)(C(=O)O)[C@@H]1OCc1ccc(Cl)c(Cl)c1. The molecule has 0 heterocycles. The van der Waals surface area contributed by atoms with E-state index >= 15 is 0 Å². The van der Waals surface area contributed by atoms with Gasteiger partial charge in [-0.15, -0.1) is 0 Å². The molecule has 0 spiro atoms. The number of benzene rings is 1. The van der Waals surface area contributed by atoms with Crippen molar-refractivity contribution in [1.29, 1.82) is 0 Å². The summed E-state index contributed by atoms with van der Waals surface area (Å²) in [7, 11) is 0. The second kappa shape index (κ2) is 11.0. The number of hydrogen-bond donors (Lipinski definition) is 4. The number of hydrogen-bond acceptors (Lipinski definition) is 8. The van der Waals surface area contributed by atoms with Crippen molar-refractivity contribution in [2.45, 2.75) is 57.6 Å². The number of carboxylic acids is 2. The van der Waals surface area contributed by atoms with Gasteiger partial charge >= 0.3 is 24.0 Å². The summed E-state index contributed by atoms with van der Waals surface area (Å²) in [5, 5.41) is 25.6. The lowest BCUT2D eigenvalue weighted by Gasteiger charge is -2.38. The highest BCUT2D eigenvalue weighted by Crippen LogP contribution is 2.63. The van der Waals surface area contributed by atoms with E-state index in [2.05, 4.69) is 10.6 Å². The number of alkyl carbamates (subject to hydrolysis) is 1. The summed E-state index contributed by atoms with van der Waals surface area (Å²) < 4.78 is 16.0. The molecule has 2 amide bonds. The van der Waals surface area contributed by atoms with Crippen LogP contribution in [0.2, 0.25) is 10.0 Å². The maximum Gasteiger partial charge on any atom is 0.408 e. The molecule has 1 aromatic rings. The van der Waals surface area contributed by atoms with E-state index in [0.29, 0.717) is 5.56 Å². The van der Waals surface area contributed by atoms with Gasteiger partial charge in [0.05, 0.1) is 28.6 Å². The van der Waals surface area contributed by atoms with Crippen LogP contribution in [-0.4, -0.2) is 70.0 Å². The molecule has 14 heteroatoms. The van der Waals surface area contributed by atoms with E-state index in [9.17, 15) is 34.2 Å². The van der Waals surface area contributed by atoms with Gasteiger partial charge in [-0.1, -0.05) is 29.3 Å². The minimum Gasteiger partial charge on any atom is -0.481 e. The van der Waals surface area contributed by atoms with Crippen LogP contribution < -0.4 is 10.6 Å². The normalized spacial score (nSPS) is 27.6. The van der Waals surface area contributed by atoms with Crippen LogP contribution in [0.3, 0.4) is 0 Å². The Morgan fingerprint density at radius 2 is 1.74 bits per heavy atom. The molecular weight excluding hydrogens is 547 g/mol. The van der Waals surface area contributed by atoms with Crippen molar-refractivity contribution < 1.29 is 48.4 Å². The molecule has 0 aliphatic heterocycles. The standard InChI is InChI=1S/C24H28Cl2N2O10/c1-10(29)36-9-14(30)27-18-15-16(20(31)32)17(15)24(21(33)34,28-22(35)38-23(2,3)4)19(18)37-8-11-5-6-12(25)13(26)7-11/h5-7,15-19H,8-9H2,1-4H3,(H,27,30)(H,28,35)(H,31,32)(H,33,34)/t15?,16-,17-,18-,19+,24+/m0/s1. The Balaban J connectivity index is 2.01.